The van der Waals surface area contributed by atoms with Gasteiger partial charge in [0, 0.05) is 18.8 Å². The second-order valence-corrected chi connectivity index (χ2v) is 5.82. The van der Waals surface area contributed by atoms with E-state index in [1.165, 1.54) is 11.1 Å². The van der Waals surface area contributed by atoms with E-state index in [9.17, 15) is 4.79 Å². The fourth-order valence-corrected chi connectivity index (χ4v) is 2.60. The van der Waals surface area contributed by atoms with Crippen LogP contribution in [0.2, 0.25) is 0 Å². The first-order valence-electron chi connectivity index (χ1n) is 7.95. The number of imidazole rings is 1. The molecule has 2 heterocycles. The molecule has 0 atom stereocenters. The van der Waals surface area contributed by atoms with Gasteiger partial charge in [-0.15, -0.1) is 0 Å². The fraction of sp³-hybridized carbons (Fsp3) is 0.263. The largest absolute Gasteiger partial charge is 0.350 e. The lowest BCUT2D eigenvalue weighted by Crippen LogP contribution is -2.22. The van der Waals surface area contributed by atoms with Crippen LogP contribution >= 0.6 is 0 Å². The molecule has 1 amide bonds. The molecular formula is C19H21N3O. The van der Waals surface area contributed by atoms with Crippen LogP contribution in [0.4, 0.5) is 0 Å². The second kappa shape index (κ2) is 7.09. The number of nitrogens with zero attached hydrogens (tertiary/aromatic N) is 2. The number of amides is 1. The van der Waals surface area contributed by atoms with Crippen LogP contribution in [0.5, 0.6) is 0 Å². The third-order valence-electron chi connectivity index (χ3n) is 3.84. The van der Waals surface area contributed by atoms with Gasteiger partial charge in [-0.2, -0.15) is 0 Å². The predicted molar refractivity (Wildman–Crippen MR) is 91.2 cm³/mol. The zero-order valence-corrected chi connectivity index (χ0v) is 13.3. The Hall–Kier alpha value is -2.62. The van der Waals surface area contributed by atoms with Crippen LogP contribution < -0.4 is 5.32 Å². The van der Waals surface area contributed by atoms with Gasteiger partial charge in [0.1, 0.15) is 5.65 Å². The Labute approximate surface area is 136 Å². The highest BCUT2D eigenvalue weighted by atomic mass is 16.1. The zero-order chi connectivity index (χ0) is 16.1. The summed E-state index contributed by atoms with van der Waals surface area (Å²) in [5, 5.41) is 2.95. The number of rotatable bonds is 6. The van der Waals surface area contributed by atoms with E-state index in [0.717, 1.165) is 24.2 Å². The van der Waals surface area contributed by atoms with Gasteiger partial charge in [0.15, 0.2) is 0 Å². The molecule has 3 aromatic rings. The first-order chi connectivity index (χ1) is 11.2. The van der Waals surface area contributed by atoms with Crippen molar-refractivity contribution in [1.82, 2.24) is 14.7 Å². The van der Waals surface area contributed by atoms with Gasteiger partial charge in [-0.3, -0.25) is 4.79 Å². The lowest BCUT2D eigenvalue weighted by Gasteiger charge is -2.03. The molecule has 0 aliphatic carbocycles. The first-order valence-corrected chi connectivity index (χ1v) is 7.95. The summed E-state index contributed by atoms with van der Waals surface area (Å²) in [6, 6.07) is 14.3. The van der Waals surface area contributed by atoms with Crippen molar-refractivity contribution in [2.24, 2.45) is 0 Å². The normalized spacial score (nSPS) is 10.8. The van der Waals surface area contributed by atoms with E-state index in [1.807, 2.05) is 54.0 Å². The molecule has 0 radical (unpaired) electrons. The highest BCUT2D eigenvalue weighted by Gasteiger charge is 2.05. The molecule has 0 aliphatic rings. The number of hydrogen-bond acceptors (Lipinski definition) is 2. The number of carbonyl (C=O) groups is 1. The van der Waals surface area contributed by atoms with Crippen molar-refractivity contribution in [3.05, 3.63) is 71.7 Å². The van der Waals surface area contributed by atoms with Crippen LogP contribution in [0.3, 0.4) is 0 Å². The van der Waals surface area contributed by atoms with Crippen molar-refractivity contribution in [3.8, 4) is 0 Å². The number of pyridine rings is 1. The van der Waals surface area contributed by atoms with Gasteiger partial charge in [-0.25, -0.2) is 4.98 Å². The van der Waals surface area contributed by atoms with Gasteiger partial charge in [-0.05, 0) is 43.0 Å². The number of aromatic nitrogens is 2. The Kier molecular flexibility index (Phi) is 4.71. The van der Waals surface area contributed by atoms with E-state index in [4.69, 9.17) is 0 Å². The molecule has 0 spiro atoms. The van der Waals surface area contributed by atoms with Gasteiger partial charge in [-0.1, -0.05) is 30.3 Å². The predicted octanol–water partition coefficient (Wildman–Crippen LogP) is 3.28. The number of fused-ring (bicyclic) bond motifs is 1. The molecular weight excluding hydrogens is 286 g/mol. The molecule has 4 heteroatoms. The van der Waals surface area contributed by atoms with Gasteiger partial charge in [0.05, 0.1) is 12.2 Å². The van der Waals surface area contributed by atoms with Crippen LogP contribution in [0.15, 0.2) is 54.9 Å². The molecule has 23 heavy (non-hydrogen) atoms. The first kappa shape index (κ1) is 15.3. The van der Waals surface area contributed by atoms with E-state index in [-0.39, 0.29) is 5.91 Å². The van der Waals surface area contributed by atoms with Gasteiger partial charge >= 0.3 is 0 Å². The number of nitrogens with one attached hydrogen (secondary N) is 1. The number of benzene rings is 1. The molecule has 1 aromatic carbocycles. The molecule has 3 rings (SSSR count). The number of hydrogen-bond donors (Lipinski definition) is 1. The van der Waals surface area contributed by atoms with Crippen molar-refractivity contribution in [3.63, 3.8) is 0 Å². The van der Waals surface area contributed by atoms with Crippen molar-refractivity contribution < 1.29 is 4.79 Å². The Morgan fingerprint density at radius 2 is 2.04 bits per heavy atom. The summed E-state index contributed by atoms with van der Waals surface area (Å²) in [5.41, 5.74) is 4.25. The SMILES string of the molecule is Cc1ccn2cc(CNC(=O)CCCc3ccccc3)nc2c1. The summed E-state index contributed by atoms with van der Waals surface area (Å²) in [6.07, 6.45) is 6.28. The van der Waals surface area contributed by atoms with E-state index in [2.05, 4.69) is 22.4 Å². The van der Waals surface area contributed by atoms with Crippen LogP contribution in [-0.4, -0.2) is 15.3 Å². The quantitative estimate of drug-likeness (QED) is 0.759. The summed E-state index contributed by atoms with van der Waals surface area (Å²) in [5.74, 6) is 0.0779. The topological polar surface area (TPSA) is 46.4 Å². The van der Waals surface area contributed by atoms with E-state index in [0.29, 0.717) is 13.0 Å². The molecule has 0 unspecified atom stereocenters. The number of carbonyl (C=O) groups excluding carboxylic acids is 1. The van der Waals surface area contributed by atoms with Gasteiger partial charge in [0.2, 0.25) is 5.91 Å². The molecule has 0 fully saturated rings. The van der Waals surface area contributed by atoms with Crippen molar-refractivity contribution in [2.45, 2.75) is 32.7 Å². The summed E-state index contributed by atoms with van der Waals surface area (Å²) in [4.78, 5) is 16.5. The maximum atomic E-state index is 11.9. The molecule has 4 nitrogen and oxygen atoms in total. The van der Waals surface area contributed by atoms with Crippen LogP contribution in [-0.2, 0) is 17.8 Å². The van der Waals surface area contributed by atoms with Gasteiger partial charge < -0.3 is 9.72 Å². The third-order valence-corrected chi connectivity index (χ3v) is 3.84. The standard InChI is InChI=1S/C19H21N3O/c1-15-10-11-22-14-17(21-18(22)12-15)13-20-19(23)9-5-8-16-6-3-2-4-7-16/h2-4,6-7,10-12,14H,5,8-9,13H2,1H3,(H,20,23). The Morgan fingerprint density at radius 1 is 1.22 bits per heavy atom. The summed E-state index contributed by atoms with van der Waals surface area (Å²) in [6.45, 7) is 2.52. The molecule has 0 saturated carbocycles. The molecule has 0 bridgehead atoms. The van der Waals surface area contributed by atoms with Crippen LogP contribution in [0.25, 0.3) is 5.65 Å². The summed E-state index contributed by atoms with van der Waals surface area (Å²) >= 11 is 0. The Bertz CT molecular complexity index is 793. The van der Waals surface area contributed by atoms with E-state index >= 15 is 0 Å². The highest BCUT2D eigenvalue weighted by molar-refractivity contribution is 5.75. The lowest BCUT2D eigenvalue weighted by atomic mass is 10.1. The number of aryl methyl sites for hydroxylation is 2. The lowest BCUT2D eigenvalue weighted by molar-refractivity contribution is -0.121. The third kappa shape index (κ3) is 4.19. The van der Waals surface area contributed by atoms with Crippen molar-refractivity contribution in [1.29, 1.82) is 0 Å². The molecule has 1 N–H and O–H groups in total. The Balaban J connectivity index is 1.46. The van der Waals surface area contributed by atoms with Crippen LogP contribution in [0.1, 0.15) is 29.7 Å². The van der Waals surface area contributed by atoms with E-state index < -0.39 is 0 Å². The van der Waals surface area contributed by atoms with Crippen molar-refractivity contribution in [2.75, 3.05) is 0 Å². The minimum Gasteiger partial charge on any atom is -0.350 e. The average molecular weight is 307 g/mol. The summed E-state index contributed by atoms with van der Waals surface area (Å²) in [7, 11) is 0. The second-order valence-electron chi connectivity index (χ2n) is 5.82. The molecule has 0 saturated heterocycles. The monoisotopic (exact) mass is 307 g/mol. The van der Waals surface area contributed by atoms with E-state index in [1.54, 1.807) is 0 Å². The minimum absolute atomic E-state index is 0.0779. The smallest absolute Gasteiger partial charge is 0.220 e. The zero-order valence-electron chi connectivity index (χ0n) is 13.3. The summed E-state index contributed by atoms with van der Waals surface area (Å²) < 4.78 is 1.98. The molecule has 118 valence electrons. The fourth-order valence-electron chi connectivity index (χ4n) is 2.60. The van der Waals surface area contributed by atoms with Crippen LogP contribution in [0, 0.1) is 6.92 Å². The van der Waals surface area contributed by atoms with Crippen molar-refractivity contribution >= 4 is 11.6 Å². The maximum Gasteiger partial charge on any atom is 0.220 e. The maximum absolute atomic E-state index is 11.9. The minimum atomic E-state index is 0.0779. The van der Waals surface area contributed by atoms with Gasteiger partial charge in [0.25, 0.3) is 0 Å². The average Bonchev–Trinajstić information content (AvgIpc) is 2.96. The Morgan fingerprint density at radius 3 is 2.87 bits per heavy atom. The molecule has 0 aliphatic heterocycles. The highest BCUT2D eigenvalue weighted by Crippen LogP contribution is 2.08. The molecule has 2 aromatic heterocycles.